The van der Waals surface area contributed by atoms with Crippen LogP contribution in [0.4, 0.5) is 0 Å². The molecule has 0 aromatic heterocycles. The van der Waals surface area contributed by atoms with Gasteiger partial charge in [0.05, 0.1) is 5.41 Å². The lowest BCUT2D eigenvalue weighted by Crippen LogP contribution is -2.46. The molecule has 0 aliphatic carbocycles. The molecule has 1 aromatic carbocycles. The van der Waals surface area contributed by atoms with Crippen LogP contribution in [0.15, 0.2) is 30.3 Å². The predicted molar refractivity (Wildman–Crippen MR) is 74.0 cm³/mol. The monoisotopic (exact) mass is 263 g/mol. The first-order valence-corrected chi connectivity index (χ1v) is 6.46. The predicted octanol–water partition coefficient (Wildman–Crippen LogP) is 2.29. The molecule has 0 saturated carbocycles. The van der Waals surface area contributed by atoms with Crippen molar-refractivity contribution in [1.29, 1.82) is 0 Å². The first-order valence-electron chi connectivity index (χ1n) is 6.46. The van der Waals surface area contributed by atoms with Crippen LogP contribution in [0.3, 0.4) is 0 Å². The Balaban J connectivity index is 2.97. The van der Waals surface area contributed by atoms with Gasteiger partial charge in [-0.15, -0.1) is 0 Å². The number of carboxylic acids is 1. The lowest BCUT2D eigenvalue weighted by Gasteiger charge is -2.31. The number of amides is 1. The SMILES string of the molecule is CCCN(CC(=O)O)C(=O)C(C)(C)c1ccccc1. The van der Waals surface area contributed by atoms with Gasteiger partial charge in [-0.1, -0.05) is 37.3 Å². The van der Waals surface area contributed by atoms with E-state index in [0.717, 1.165) is 12.0 Å². The second kappa shape index (κ2) is 6.36. The number of nitrogens with zero attached hydrogens (tertiary/aromatic N) is 1. The zero-order valence-electron chi connectivity index (χ0n) is 11.7. The van der Waals surface area contributed by atoms with Gasteiger partial charge in [-0.2, -0.15) is 0 Å². The summed E-state index contributed by atoms with van der Waals surface area (Å²) in [7, 11) is 0. The van der Waals surface area contributed by atoms with Crippen molar-refractivity contribution in [3.63, 3.8) is 0 Å². The van der Waals surface area contributed by atoms with Crippen LogP contribution in [-0.2, 0) is 15.0 Å². The Bertz CT molecular complexity index is 440. The van der Waals surface area contributed by atoms with Crippen molar-refractivity contribution in [3.8, 4) is 0 Å². The van der Waals surface area contributed by atoms with Gasteiger partial charge in [0, 0.05) is 6.54 Å². The zero-order chi connectivity index (χ0) is 14.5. The summed E-state index contributed by atoms with van der Waals surface area (Å²) in [6.07, 6.45) is 0.740. The Labute approximate surface area is 114 Å². The maximum absolute atomic E-state index is 12.6. The van der Waals surface area contributed by atoms with E-state index in [4.69, 9.17) is 5.11 Å². The van der Waals surface area contributed by atoms with E-state index >= 15 is 0 Å². The largest absolute Gasteiger partial charge is 0.480 e. The summed E-state index contributed by atoms with van der Waals surface area (Å²) in [6, 6.07) is 9.44. The molecule has 0 atom stereocenters. The fourth-order valence-corrected chi connectivity index (χ4v) is 2.06. The van der Waals surface area contributed by atoms with E-state index in [1.165, 1.54) is 4.90 Å². The molecule has 1 aromatic rings. The summed E-state index contributed by atoms with van der Waals surface area (Å²) in [5.74, 6) is -1.13. The molecule has 4 nitrogen and oxygen atoms in total. The molecule has 19 heavy (non-hydrogen) atoms. The molecule has 0 saturated heterocycles. The van der Waals surface area contributed by atoms with Crippen molar-refractivity contribution < 1.29 is 14.7 Å². The van der Waals surface area contributed by atoms with Crippen molar-refractivity contribution >= 4 is 11.9 Å². The Kier molecular flexibility index (Phi) is 5.10. The Morgan fingerprint density at radius 1 is 1.21 bits per heavy atom. The van der Waals surface area contributed by atoms with Crippen LogP contribution in [0.1, 0.15) is 32.8 Å². The molecule has 0 fully saturated rings. The third kappa shape index (κ3) is 3.81. The van der Waals surface area contributed by atoms with Crippen LogP contribution in [0, 0.1) is 0 Å². The number of hydrogen-bond donors (Lipinski definition) is 1. The Morgan fingerprint density at radius 3 is 2.26 bits per heavy atom. The maximum atomic E-state index is 12.6. The van der Waals surface area contributed by atoms with Crippen molar-refractivity contribution in [2.75, 3.05) is 13.1 Å². The number of benzene rings is 1. The second-order valence-corrected chi connectivity index (χ2v) is 5.11. The van der Waals surface area contributed by atoms with Gasteiger partial charge in [-0.3, -0.25) is 9.59 Å². The van der Waals surface area contributed by atoms with Gasteiger partial charge in [0.1, 0.15) is 6.54 Å². The van der Waals surface area contributed by atoms with Gasteiger partial charge in [0.25, 0.3) is 0 Å². The average Bonchev–Trinajstić information content (AvgIpc) is 2.38. The molecule has 104 valence electrons. The highest BCUT2D eigenvalue weighted by atomic mass is 16.4. The minimum atomic E-state index is -0.981. The number of carboxylic acid groups (broad SMARTS) is 1. The summed E-state index contributed by atoms with van der Waals surface area (Å²) in [5.41, 5.74) is 0.179. The molecular weight excluding hydrogens is 242 g/mol. The highest BCUT2D eigenvalue weighted by Gasteiger charge is 2.34. The van der Waals surface area contributed by atoms with Crippen LogP contribution < -0.4 is 0 Å². The average molecular weight is 263 g/mol. The van der Waals surface area contributed by atoms with E-state index in [-0.39, 0.29) is 12.5 Å². The molecule has 1 amide bonds. The van der Waals surface area contributed by atoms with E-state index in [1.807, 2.05) is 51.1 Å². The number of carbonyl (C=O) groups is 2. The fourth-order valence-electron chi connectivity index (χ4n) is 2.06. The third-order valence-electron chi connectivity index (χ3n) is 3.14. The van der Waals surface area contributed by atoms with Crippen LogP contribution in [0.25, 0.3) is 0 Å². The van der Waals surface area contributed by atoms with E-state index in [9.17, 15) is 9.59 Å². The third-order valence-corrected chi connectivity index (χ3v) is 3.14. The molecule has 4 heteroatoms. The van der Waals surface area contributed by atoms with Gasteiger partial charge in [-0.05, 0) is 25.8 Å². The highest BCUT2D eigenvalue weighted by molar-refractivity contribution is 5.89. The van der Waals surface area contributed by atoms with E-state index in [1.54, 1.807) is 0 Å². The molecule has 0 spiro atoms. The molecule has 0 aliphatic heterocycles. The van der Waals surface area contributed by atoms with Gasteiger partial charge < -0.3 is 10.0 Å². The molecule has 0 unspecified atom stereocenters. The number of carbonyl (C=O) groups excluding carboxylic acids is 1. The zero-order valence-corrected chi connectivity index (χ0v) is 11.7. The molecule has 1 N–H and O–H groups in total. The number of rotatable bonds is 6. The lowest BCUT2D eigenvalue weighted by atomic mass is 9.83. The van der Waals surface area contributed by atoms with Gasteiger partial charge in [0.15, 0.2) is 0 Å². The van der Waals surface area contributed by atoms with E-state index in [0.29, 0.717) is 6.54 Å². The van der Waals surface area contributed by atoms with Crippen molar-refractivity contribution in [2.45, 2.75) is 32.6 Å². The Hall–Kier alpha value is -1.84. The first-order chi connectivity index (χ1) is 8.89. The quantitative estimate of drug-likeness (QED) is 0.856. The van der Waals surface area contributed by atoms with Gasteiger partial charge >= 0.3 is 5.97 Å². The van der Waals surface area contributed by atoms with Crippen molar-refractivity contribution in [3.05, 3.63) is 35.9 Å². The molecule has 0 aliphatic rings. The summed E-state index contributed by atoms with van der Waals surface area (Å²) in [5, 5.41) is 8.90. The molecule has 0 radical (unpaired) electrons. The minimum absolute atomic E-state index is 0.150. The minimum Gasteiger partial charge on any atom is -0.480 e. The van der Waals surface area contributed by atoms with E-state index in [2.05, 4.69) is 0 Å². The molecule has 0 bridgehead atoms. The van der Waals surface area contributed by atoms with Crippen LogP contribution >= 0.6 is 0 Å². The molecular formula is C15H21NO3. The van der Waals surface area contributed by atoms with Gasteiger partial charge in [0.2, 0.25) is 5.91 Å². The number of hydrogen-bond acceptors (Lipinski definition) is 2. The van der Waals surface area contributed by atoms with E-state index < -0.39 is 11.4 Å². The highest BCUT2D eigenvalue weighted by Crippen LogP contribution is 2.25. The van der Waals surface area contributed by atoms with Gasteiger partial charge in [-0.25, -0.2) is 0 Å². The summed E-state index contributed by atoms with van der Waals surface area (Å²) < 4.78 is 0. The molecule has 1 rings (SSSR count). The summed E-state index contributed by atoms with van der Waals surface area (Å²) in [6.45, 7) is 5.80. The Morgan fingerprint density at radius 2 is 1.79 bits per heavy atom. The fraction of sp³-hybridized carbons (Fsp3) is 0.467. The normalized spacial score (nSPS) is 11.1. The number of aliphatic carboxylic acids is 1. The smallest absolute Gasteiger partial charge is 0.323 e. The molecule has 0 heterocycles. The maximum Gasteiger partial charge on any atom is 0.323 e. The summed E-state index contributed by atoms with van der Waals surface area (Å²) in [4.78, 5) is 24.8. The standard InChI is InChI=1S/C15H21NO3/c1-4-10-16(11-13(17)18)14(19)15(2,3)12-8-6-5-7-9-12/h5-9H,4,10-11H2,1-3H3,(H,17,18). The van der Waals surface area contributed by atoms with Crippen LogP contribution in [0.2, 0.25) is 0 Å². The van der Waals surface area contributed by atoms with Crippen LogP contribution in [0.5, 0.6) is 0 Å². The lowest BCUT2D eigenvalue weighted by molar-refractivity contribution is -0.146. The first kappa shape index (κ1) is 15.2. The van der Waals surface area contributed by atoms with Crippen molar-refractivity contribution in [2.24, 2.45) is 0 Å². The summed E-state index contributed by atoms with van der Waals surface area (Å²) >= 11 is 0. The topological polar surface area (TPSA) is 57.6 Å². The second-order valence-electron chi connectivity index (χ2n) is 5.11. The van der Waals surface area contributed by atoms with Crippen molar-refractivity contribution in [1.82, 2.24) is 4.90 Å². The van der Waals surface area contributed by atoms with Crippen LogP contribution in [-0.4, -0.2) is 35.0 Å².